The zero-order valence-electron chi connectivity index (χ0n) is 17.4. The summed E-state index contributed by atoms with van der Waals surface area (Å²) >= 11 is 5.57. The third-order valence-electron chi connectivity index (χ3n) is 4.64. The van der Waals surface area contributed by atoms with Gasteiger partial charge in [0, 0.05) is 28.7 Å². The van der Waals surface area contributed by atoms with Crippen molar-refractivity contribution in [2.45, 2.75) is 33.4 Å². The van der Waals surface area contributed by atoms with Crippen molar-refractivity contribution in [3.63, 3.8) is 0 Å². The van der Waals surface area contributed by atoms with Crippen molar-refractivity contribution in [2.24, 2.45) is 0 Å². The second kappa shape index (κ2) is 9.73. The third kappa shape index (κ3) is 5.58. The van der Waals surface area contributed by atoms with E-state index >= 15 is 0 Å². The standard InChI is InChI=1S/C23H27N3O3S/c1-4-29-20-9-10-21-17(12-20)11-18(22(28)25-21)14-26(13-16(3)27)23(30)24-19-7-5-15(2)6-8-19/h5-12,16,27H,4,13-14H2,1-3H3,(H,24,30)(H,25,28)/t16-/m0/s1. The number of aliphatic hydroxyl groups is 1. The first-order chi connectivity index (χ1) is 14.4. The van der Waals surface area contributed by atoms with Crippen LogP contribution in [0.5, 0.6) is 5.75 Å². The van der Waals surface area contributed by atoms with Gasteiger partial charge in [-0.1, -0.05) is 17.7 Å². The molecule has 6 nitrogen and oxygen atoms in total. The van der Waals surface area contributed by atoms with Crippen LogP contribution in [-0.2, 0) is 6.54 Å². The molecule has 1 aromatic heterocycles. The molecule has 7 heteroatoms. The number of aromatic amines is 1. The van der Waals surface area contributed by atoms with Crippen LogP contribution >= 0.6 is 12.2 Å². The SMILES string of the molecule is CCOc1ccc2[nH]c(=O)c(CN(C[C@H](C)O)C(=S)Nc3ccc(C)cc3)cc2c1. The summed E-state index contributed by atoms with van der Waals surface area (Å²) in [7, 11) is 0. The summed E-state index contributed by atoms with van der Waals surface area (Å²) in [5.74, 6) is 0.750. The Morgan fingerprint density at radius 3 is 2.63 bits per heavy atom. The highest BCUT2D eigenvalue weighted by Crippen LogP contribution is 2.20. The number of benzene rings is 2. The van der Waals surface area contributed by atoms with E-state index in [9.17, 15) is 9.90 Å². The minimum atomic E-state index is -0.605. The fourth-order valence-corrected chi connectivity index (χ4v) is 3.44. The summed E-state index contributed by atoms with van der Waals surface area (Å²) in [5, 5.41) is 14.5. The van der Waals surface area contributed by atoms with Crippen molar-refractivity contribution >= 4 is 33.9 Å². The number of anilines is 1. The van der Waals surface area contributed by atoms with E-state index in [2.05, 4.69) is 10.3 Å². The van der Waals surface area contributed by atoms with Gasteiger partial charge in [0.2, 0.25) is 0 Å². The Bertz CT molecular complexity index is 1080. The van der Waals surface area contributed by atoms with E-state index in [0.29, 0.717) is 23.8 Å². The van der Waals surface area contributed by atoms with Crippen LogP contribution in [0.2, 0.25) is 0 Å². The lowest BCUT2D eigenvalue weighted by atomic mass is 10.1. The van der Waals surface area contributed by atoms with Crippen molar-refractivity contribution in [2.75, 3.05) is 18.5 Å². The first-order valence-electron chi connectivity index (χ1n) is 9.95. The Hall–Kier alpha value is -2.90. The fourth-order valence-electron chi connectivity index (χ4n) is 3.19. The highest BCUT2D eigenvalue weighted by atomic mass is 32.1. The summed E-state index contributed by atoms with van der Waals surface area (Å²) in [6.07, 6.45) is -0.605. The predicted octanol–water partition coefficient (Wildman–Crippen LogP) is 3.82. The van der Waals surface area contributed by atoms with Crippen molar-refractivity contribution in [1.29, 1.82) is 0 Å². The molecule has 0 unspecified atom stereocenters. The number of aromatic nitrogens is 1. The van der Waals surface area contributed by atoms with E-state index in [-0.39, 0.29) is 12.1 Å². The third-order valence-corrected chi connectivity index (χ3v) is 5.00. The number of aryl methyl sites for hydroxylation is 1. The molecule has 0 aliphatic carbocycles. The van der Waals surface area contributed by atoms with E-state index < -0.39 is 6.10 Å². The number of H-pyrrole nitrogens is 1. The lowest BCUT2D eigenvalue weighted by Crippen LogP contribution is -2.40. The van der Waals surface area contributed by atoms with E-state index in [1.54, 1.807) is 11.8 Å². The number of nitrogens with one attached hydrogen (secondary N) is 2. The fraction of sp³-hybridized carbons (Fsp3) is 0.304. The van der Waals surface area contributed by atoms with Crippen molar-refractivity contribution in [1.82, 2.24) is 9.88 Å². The van der Waals surface area contributed by atoms with E-state index in [0.717, 1.165) is 27.9 Å². The van der Waals surface area contributed by atoms with Gasteiger partial charge in [-0.15, -0.1) is 0 Å². The molecule has 0 aliphatic rings. The van der Waals surface area contributed by atoms with Crippen molar-refractivity contribution in [3.05, 3.63) is 70.0 Å². The quantitative estimate of drug-likeness (QED) is 0.500. The highest BCUT2D eigenvalue weighted by Gasteiger charge is 2.16. The molecule has 0 radical (unpaired) electrons. The van der Waals surface area contributed by atoms with Gasteiger partial charge in [-0.3, -0.25) is 4.79 Å². The number of rotatable bonds is 7. The first-order valence-corrected chi connectivity index (χ1v) is 10.4. The second-order valence-corrected chi connectivity index (χ2v) is 7.72. The average molecular weight is 426 g/mol. The van der Waals surface area contributed by atoms with Gasteiger partial charge in [-0.05, 0) is 69.4 Å². The monoisotopic (exact) mass is 425 g/mol. The maximum absolute atomic E-state index is 12.6. The Balaban J connectivity index is 1.86. The lowest BCUT2D eigenvalue weighted by Gasteiger charge is -2.27. The molecule has 3 aromatic rings. The summed E-state index contributed by atoms with van der Waals surface area (Å²) in [5.41, 5.74) is 3.14. The van der Waals surface area contributed by atoms with E-state index in [1.807, 2.05) is 62.4 Å². The molecule has 158 valence electrons. The molecule has 0 saturated heterocycles. The Labute approximate surface area is 181 Å². The molecule has 1 atom stereocenters. The van der Waals surface area contributed by atoms with Gasteiger partial charge in [0.1, 0.15) is 5.75 Å². The molecule has 0 bridgehead atoms. The van der Waals surface area contributed by atoms with Crippen LogP contribution in [0.15, 0.2) is 53.3 Å². The number of nitrogens with zero attached hydrogens (tertiary/aromatic N) is 1. The number of hydrogen-bond donors (Lipinski definition) is 3. The lowest BCUT2D eigenvalue weighted by molar-refractivity contribution is 0.158. The van der Waals surface area contributed by atoms with Crippen LogP contribution < -0.4 is 15.6 Å². The molecule has 3 rings (SSSR count). The highest BCUT2D eigenvalue weighted by molar-refractivity contribution is 7.80. The molecule has 0 amide bonds. The van der Waals surface area contributed by atoms with Crippen LogP contribution in [0.25, 0.3) is 10.9 Å². The van der Waals surface area contributed by atoms with Gasteiger partial charge in [0.05, 0.1) is 19.3 Å². The maximum atomic E-state index is 12.6. The number of thiocarbonyl (C=S) groups is 1. The first kappa shape index (κ1) is 21.8. The van der Waals surface area contributed by atoms with Crippen LogP contribution in [0.3, 0.4) is 0 Å². The van der Waals surface area contributed by atoms with Crippen LogP contribution in [0.1, 0.15) is 25.0 Å². The number of fused-ring (bicyclic) bond motifs is 1. The van der Waals surface area contributed by atoms with Gasteiger partial charge in [0.15, 0.2) is 5.11 Å². The molecule has 0 saturated carbocycles. The van der Waals surface area contributed by atoms with Gasteiger partial charge in [-0.2, -0.15) is 0 Å². The minimum absolute atomic E-state index is 0.180. The van der Waals surface area contributed by atoms with Crippen LogP contribution in [-0.4, -0.2) is 39.4 Å². The number of hydrogen-bond acceptors (Lipinski definition) is 4. The molecule has 3 N–H and O–H groups in total. The number of ether oxygens (including phenoxy) is 1. The van der Waals surface area contributed by atoms with Crippen molar-refractivity contribution in [3.8, 4) is 5.75 Å². The number of pyridine rings is 1. The Kier molecular flexibility index (Phi) is 7.07. The molecule has 0 fully saturated rings. The molecule has 30 heavy (non-hydrogen) atoms. The smallest absolute Gasteiger partial charge is 0.253 e. The van der Waals surface area contributed by atoms with Crippen molar-refractivity contribution < 1.29 is 9.84 Å². The molecule has 0 spiro atoms. The maximum Gasteiger partial charge on any atom is 0.253 e. The largest absolute Gasteiger partial charge is 0.494 e. The van der Waals surface area contributed by atoms with Gasteiger partial charge in [0.25, 0.3) is 5.56 Å². The van der Waals surface area contributed by atoms with E-state index in [4.69, 9.17) is 17.0 Å². The van der Waals surface area contributed by atoms with Crippen LogP contribution in [0, 0.1) is 6.92 Å². The molecular weight excluding hydrogens is 398 g/mol. The minimum Gasteiger partial charge on any atom is -0.494 e. The average Bonchev–Trinajstić information content (AvgIpc) is 2.70. The summed E-state index contributed by atoms with van der Waals surface area (Å²) in [6.45, 7) is 6.79. The summed E-state index contributed by atoms with van der Waals surface area (Å²) in [6, 6.07) is 15.3. The topological polar surface area (TPSA) is 77.6 Å². The summed E-state index contributed by atoms with van der Waals surface area (Å²) in [4.78, 5) is 17.4. The molecule has 0 aliphatic heterocycles. The summed E-state index contributed by atoms with van der Waals surface area (Å²) < 4.78 is 5.56. The normalized spacial score (nSPS) is 11.9. The number of aliphatic hydroxyl groups excluding tert-OH is 1. The van der Waals surface area contributed by atoms with Gasteiger partial charge < -0.3 is 25.0 Å². The van der Waals surface area contributed by atoms with Gasteiger partial charge in [-0.25, -0.2) is 0 Å². The van der Waals surface area contributed by atoms with Gasteiger partial charge >= 0.3 is 0 Å². The molecule has 1 heterocycles. The predicted molar refractivity (Wildman–Crippen MR) is 125 cm³/mol. The van der Waals surface area contributed by atoms with E-state index in [1.165, 1.54) is 0 Å². The molecule has 2 aromatic carbocycles. The Morgan fingerprint density at radius 2 is 1.97 bits per heavy atom. The zero-order valence-corrected chi connectivity index (χ0v) is 18.3. The molecular formula is C23H27N3O3S. The zero-order chi connectivity index (χ0) is 21.7. The van der Waals surface area contributed by atoms with Crippen LogP contribution in [0.4, 0.5) is 5.69 Å². The Morgan fingerprint density at radius 1 is 1.23 bits per heavy atom. The second-order valence-electron chi connectivity index (χ2n) is 7.33.